The smallest absolute Gasteiger partial charge is 0.338 e. The van der Waals surface area contributed by atoms with Gasteiger partial charge in [0.2, 0.25) is 0 Å². The number of carboxylic acids is 1. The largest absolute Gasteiger partial charge is 0.478 e. The molecule has 0 atom stereocenters. The van der Waals surface area contributed by atoms with Crippen molar-refractivity contribution in [2.45, 2.75) is 32.6 Å². The van der Waals surface area contributed by atoms with Gasteiger partial charge in [-0.15, -0.1) is 0 Å². The highest BCUT2D eigenvalue weighted by Crippen LogP contribution is 2.24. The Morgan fingerprint density at radius 2 is 1.88 bits per heavy atom. The normalized spacial score (nSPS) is 15.3. The van der Waals surface area contributed by atoms with Crippen molar-refractivity contribution < 1.29 is 19.1 Å². The molecule has 0 bridgehead atoms. The van der Waals surface area contributed by atoms with Gasteiger partial charge in [-0.25, -0.2) is 4.79 Å². The van der Waals surface area contributed by atoms with Crippen molar-refractivity contribution in [2.24, 2.45) is 5.92 Å². The number of carboxylic acid groups (broad SMARTS) is 1. The fourth-order valence-corrected chi connectivity index (χ4v) is 3.27. The molecular formula is C20H23NO4. The van der Waals surface area contributed by atoms with Crippen LogP contribution in [-0.4, -0.2) is 35.0 Å². The van der Waals surface area contributed by atoms with E-state index in [2.05, 4.69) is 31.2 Å². The van der Waals surface area contributed by atoms with Gasteiger partial charge in [-0.3, -0.25) is 4.79 Å². The van der Waals surface area contributed by atoms with Gasteiger partial charge in [-0.1, -0.05) is 29.8 Å². The lowest BCUT2D eigenvalue weighted by atomic mass is 9.90. The molecule has 1 aliphatic heterocycles. The average molecular weight is 341 g/mol. The van der Waals surface area contributed by atoms with E-state index in [9.17, 15) is 9.59 Å². The lowest BCUT2D eigenvalue weighted by Crippen LogP contribution is -2.38. The second kappa shape index (κ2) is 7.55. The van der Waals surface area contributed by atoms with E-state index in [1.807, 2.05) is 0 Å². The Morgan fingerprint density at radius 3 is 2.48 bits per heavy atom. The summed E-state index contributed by atoms with van der Waals surface area (Å²) in [5, 5.41) is 8.91. The number of nitrogens with zero attached hydrogens (tertiary/aromatic N) is 1. The Bertz CT molecular complexity index is 739. The maximum Gasteiger partial charge on any atom is 0.338 e. The molecular weight excluding hydrogens is 318 g/mol. The van der Waals surface area contributed by atoms with Crippen LogP contribution in [0.1, 0.15) is 51.3 Å². The van der Waals surface area contributed by atoms with Crippen LogP contribution in [0.15, 0.2) is 41.0 Å². The van der Waals surface area contributed by atoms with Crippen LogP contribution in [0, 0.1) is 12.8 Å². The zero-order chi connectivity index (χ0) is 17.8. The van der Waals surface area contributed by atoms with Gasteiger partial charge in [0.05, 0.1) is 5.56 Å². The maximum atomic E-state index is 12.4. The molecule has 1 aromatic carbocycles. The number of carbonyl (C=O) groups excluding carboxylic acids is 1. The summed E-state index contributed by atoms with van der Waals surface area (Å²) in [5.41, 5.74) is 2.65. The second-order valence-corrected chi connectivity index (χ2v) is 6.76. The fourth-order valence-electron chi connectivity index (χ4n) is 3.27. The zero-order valence-corrected chi connectivity index (χ0v) is 14.4. The summed E-state index contributed by atoms with van der Waals surface area (Å²) >= 11 is 0. The monoisotopic (exact) mass is 341 g/mol. The number of carbonyl (C=O) groups is 2. The van der Waals surface area contributed by atoms with Crippen molar-refractivity contribution >= 4 is 11.9 Å². The van der Waals surface area contributed by atoms with Gasteiger partial charge in [0.1, 0.15) is 6.26 Å². The van der Waals surface area contributed by atoms with Crippen molar-refractivity contribution in [1.82, 2.24) is 4.90 Å². The number of likely N-dealkylation sites (tertiary alicyclic amines) is 1. The molecule has 1 fully saturated rings. The number of amides is 1. The van der Waals surface area contributed by atoms with Gasteiger partial charge >= 0.3 is 5.97 Å². The summed E-state index contributed by atoms with van der Waals surface area (Å²) in [4.78, 5) is 25.0. The molecule has 0 radical (unpaired) electrons. The number of piperidine rings is 1. The van der Waals surface area contributed by atoms with E-state index in [1.54, 1.807) is 4.90 Å². The van der Waals surface area contributed by atoms with E-state index < -0.39 is 5.97 Å². The van der Waals surface area contributed by atoms with E-state index in [-0.39, 0.29) is 17.2 Å². The highest BCUT2D eigenvalue weighted by molar-refractivity contribution is 5.95. The highest BCUT2D eigenvalue weighted by Gasteiger charge is 2.26. The Morgan fingerprint density at radius 1 is 1.20 bits per heavy atom. The second-order valence-electron chi connectivity index (χ2n) is 6.76. The van der Waals surface area contributed by atoms with Gasteiger partial charge < -0.3 is 14.4 Å². The van der Waals surface area contributed by atoms with Crippen molar-refractivity contribution in [1.29, 1.82) is 0 Å². The van der Waals surface area contributed by atoms with E-state index in [0.717, 1.165) is 31.9 Å². The molecule has 3 rings (SSSR count). The molecule has 2 heterocycles. The number of aromatic carboxylic acids is 1. The Labute approximate surface area is 147 Å². The predicted octanol–water partition coefficient (Wildman–Crippen LogP) is 3.77. The van der Waals surface area contributed by atoms with Crippen LogP contribution < -0.4 is 0 Å². The van der Waals surface area contributed by atoms with Gasteiger partial charge in [0, 0.05) is 19.2 Å². The first kappa shape index (κ1) is 17.3. The molecule has 2 aromatic rings. The Kier molecular flexibility index (Phi) is 5.22. The number of benzene rings is 1. The quantitative estimate of drug-likeness (QED) is 0.898. The van der Waals surface area contributed by atoms with E-state index in [4.69, 9.17) is 9.52 Å². The summed E-state index contributed by atoms with van der Waals surface area (Å²) < 4.78 is 5.11. The molecule has 1 saturated heterocycles. The van der Waals surface area contributed by atoms with E-state index >= 15 is 0 Å². The van der Waals surface area contributed by atoms with Crippen LogP contribution >= 0.6 is 0 Å². The zero-order valence-electron chi connectivity index (χ0n) is 14.4. The number of rotatable bonds is 5. The van der Waals surface area contributed by atoms with Crippen LogP contribution in [0.25, 0.3) is 0 Å². The molecule has 0 unspecified atom stereocenters. The van der Waals surface area contributed by atoms with Gasteiger partial charge in [0.25, 0.3) is 5.91 Å². The molecule has 5 nitrogen and oxygen atoms in total. The summed E-state index contributed by atoms with van der Waals surface area (Å²) in [5.74, 6) is -0.575. The minimum absolute atomic E-state index is 0.0105. The Balaban J connectivity index is 1.48. The number of hydrogen-bond acceptors (Lipinski definition) is 3. The predicted molar refractivity (Wildman–Crippen MR) is 93.8 cm³/mol. The first-order chi connectivity index (χ1) is 12.0. The van der Waals surface area contributed by atoms with E-state index in [1.165, 1.54) is 17.2 Å². The van der Waals surface area contributed by atoms with E-state index in [0.29, 0.717) is 19.0 Å². The van der Waals surface area contributed by atoms with Crippen LogP contribution in [-0.2, 0) is 6.42 Å². The third kappa shape index (κ3) is 4.29. The van der Waals surface area contributed by atoms with Crippen LogP contribution in [0.5, 0.6) is 0 Å². The van der Waals surface area contributed by atoms with Crippen LogP contribution in [0.4, 0.5) is 0 Å². The van der Waals surface area contributed by atoms with Crippen molar-refractivity contribution in [3.63, 3.8) is 0 Å². The molecule has 1 amide bonds. The molecule has 0 saturated carbocycles. The molecule has 25 heavy (non-hydrogen) atoms. The first-order valence-corrected chi connectivity index (χ1v) is 8.69. The van der Waals surface area contributed by atoms with Gasteiger partial charge in [0.15, 0.2) is 5.76 Å². The fraction of sp³-hybridized carbons (Fsp3) is 0.400. The van der Waals surface area contributed by atoms with Crippen molar-refractivity contribution in [3.8, 4) is 0 Å². The third-order valence-corrected chi connectivity index (χ3v) is 4.92. The third-order valence-electron chi connectivity index (χ3n) is 4.92. The van der Waals surface area contributed by atoms with Crippen LogP contribution in [0.2, 0.25) is 0 Å². The molecule has 1 N–H and O–H groups in total. The first-order valence-electron chi connectivity index (χ1n) is 8.69. The van der Waals surface area contributed by atoms with Gasteiger partial charge in [-0.2, -0.15) is 0 Å². The van der Waals surface area contributed by atoms with Crippen LogP contribution in [0.3, 0.4) is 0 Å². The molecule has 0 aliphatic carbocycles. The minimum Gasteiger partial charge on any atom is -0.478 e. The highest BCUT2D eigenvalue weighted by atomic mass is 16.4. The lowest BCUT2D eigenvalue weighted by molar-refractivity contribution is 0.0653. The topological polar surface area (TPSA) is 70.8 Å². The SMILES string of the molecule is Cc1ccc(CCC2CCN(C(=O)c3cc(C(=O)O)co3)CC2)cc1. The molecule has 5 heteroatoms. The number of furan rings is 1. The van der Waals surface area contributed by atoms with Crippen molar-refractivity contribution in [2.75, 3.05) is 13.1 Å². The summed E-state index contributed by atoms with van der Waals surface area (Å²) in [6.07, 6.45) is 5.27. The minimum atomic E-state index is -1.09. The average Bonchev–Trinajstić information content (AvgIpc) is 3.11. The Hall–Kier alpha value is -2.56. The maximum absolute atomic E-state index is 12.4. The van der Waals surface area contributed by atoms with Gasteiger partial charge in [-0.05, 0) is 44.1 Å². The molecule has 0 spiro atoms. The summed E-state index contributed by atoms with van der Waals surface area (Å²) in [6.45, 7) is 3.48. The lowest BCUT2D eigenvalue weighted by Gasteiger charge is -2.31. The van der Waals surface area contributed by atoms with Crippen molar-refractivity contribution in [3.05, 3.63) is 59.0 Å². The molecule has 132 valence electrons. The standard InChI is InChI=1S/C20H23NO4/c1-14-2-4-15(5-3-14)6-7-16-8-10-21(11-9-16)19(22)18-12-17(13-25-18)20(23)24/h2-5,12-13,16H,6-11H2,1H3,(H,23,24). The summed E-state index contributed by atoms with van der Waals surface area (Å²) in [7, 11) is 0. The summed E-state index contributed by atoms with van der Waals surface area (Å²) in [6, 6.07) is 9.96. The molecule has 1 aliphatic rings. The number of aryl methyl sites for hydroxylation is 2. The molecule has 1 aromatic heterocycles. The number of hydrogen-bond donors (Lipinski definition) is 1.